The second-order valence-electron chi connectivity index (χ2n) is 5.26. The van der Waals surface area contributed by atoms with Crippen LogP contribution >= 0.6 is 11.8 Å². The largest absolute Gasteiger partial charge is 0.310 e. The van der Waals surface area contributed by atoms with Gasteiger partial charge in [-0.1, -0.05) is 31.2 Å². The van der Waals surface area contributed by atoms with Gasteiger partial charge < -0.3 is 5.32 Å². The smallest absolute Gasteiger partial charge is 0.0325 e. The van der Waals surface area contributed by atoms with E-state index in [9.17, 15) is 0 Å². The van der Waals surface area contributed by atoms with Gasteiger partial charge in [0.25, 0.3) is 0 Å². The summed E-state index contributed by atoms with van der Waals surface area (Å²) in [5.41, 5.74) is 2.92. The van der Waals surface area contributed by atoms with Crippen LogP contribution < -0.4 is 5.32 Å². The van der Waals surface area contributed by atoms with Gasteiger partial charge in [0.2, 0.25) is 0 Å². The Hall–Kier alpha value is -0.470. The Labute approximate surface area is 116 Å². The maximum absolute atomic E-state index is 3.68. The van der Waals surface area contributed by atoms with Gasteiger partial charge in [-0.05, 0) is 61.3 Å². The van der Waals surface area contributed by atoms with Crippen molar-refractivity contribution in [2.45, 2.75) is 39.2 Å². The summed E-state index contributed by atoms with van der Waals surface area (Å²) in [6.07, 6.45) is 4.11. The van der Waals surface area contributed by atoms with Gasteiger partial charge in [0.1, 0.15) is 0 Å². The average molecular weight is 263 g/mol. The third-order valence-corrected chi connectivity index (χ3v) is 4.97. The standard InChI is InChI=1S/C16H25NS/c1-3-17-16(12-14-8-10-18-11-9-14)15-7-5-4-6-13(15)2/h4-7,14,16-17H,3,8-12H2,1-2H3. The second-order valence-corrected chi connectivity index (χ2v) is 6.48. The molecular weight excluding hydrogens is 238 g/mol. The molecule has 1 fully saturated rings. The van der Waals surface area contributed by atoms with E-state index in [1.54, 1.807) is 0 Å². The van der Waals surface area contributed by atoms with Crippen molar-refractivity contribution in [2.75, 3.05) is 18.1 Å². The lowest BCUT2D eigenvalue weighted by Crippen LogP contribution is -2.25. The fourth-order valence-electron chi connectivity index (χ4n) is 2.86. The van der Waals surface area contributed by atoms with Crippen LogP contribution in [0.5, 0.6) is 0 Å². The molecule has 1 aromatic rings. The molecular formula is C16H25NS. The number of aryl methyl sites for hydroxylation is 1. The Bertz CT molecular complexity index is 358. The Morgan fingerprint density at radius 2 is 2.00 bits per heavy atom. The quantitative estimate of drug-likeness (QED) is 0.855. The van der Waals surface area contributed by atoms with Crippen LogP contribution in [-0.4, -0.2) is 18.1 Å². The van der Waals surface area contributed by atoms with Crippen LogP contribution in [0.2, 0.25) is 0 Å². The summed E-state index contributed by atoms with van der Waals surface area (Å²) < 4.78 is 0. The zero-order chi connectivity index (χ0) is 12.8. The van der Waals surface area contributed by atoms with Crippen molar-refractivity contribution >= 4 is 11.8 Å². The molecule has 2 rings (SSSR count). The summed E-state index contributed by atoms with van der Waals surface area (Å²) in [7, 11) is 0. The predicted molar refractivity (Wildman–Crippen MR) is 82.3 cm³/mol. The minimum atomic E-state index is 0.546. The SMILES string of the molecule is CCNC(CC1CCSCC1)c1ccccc1C. The lowest BCUT2D eigenvalue weighted by Gasteiger charge is -2.28. The Morgan fingerprint density at radius 1 is 1.28 bits per heavy atom. The highest BCUT2D eigenvalue weighted by Gasteiger charge is 2.20. The zero-order valence-electron chi connectivity index (χ0n) is 11.6. The highest BCUT2D eigenvalue weighted by atomic mass is 32.2. The molecule has 2 heteroatoms. The number of hydrogen-bond acceptors (Lipinski definition) is 2. The van der Waals surface area contributed by atoms with E-state index < -0.39 is 0 Å². The first-order valence-corrected chi connectivity index (χ1v) is 8.33. The van der Waals surface area contributed by atoms with Crippen molar-refractivity contribution in [3.05, 3.63) is 35.4 Å². The van der Waals surface area contributed by atoms with Gasteiger partial charge in [-0.15, -0.1) is 0 Å². The van der Waals surface area contributed by atoms with Gasteiger partial charge in [0.05, 0.1) is 0 Å². The lowest BCUT2D eigenvalue weighted by atomic mass is 9.89. The van der Waals surface area contributed by atoms with Gasteiger partial charge in [0, 0.05) is 6.04 Å². The molecule has 1 aliphatic heterocycles. The van der Waals surface area contributed by atoms with E-state index in [0.29, 0.717) is 6.04 Å². The summed E-state index contributed by atoms with van der Waals surface area (Å²) in [6.45, 7) is 5.50. The third kappa shape index (κ3) is 3.76. The molecule has 0 spiro atoms. The number of benzene rings is 1. The first kappa shape index (κ1) is 14.0. The van der Waals surface area contributed by atoms with Crippen LogP contribution in [0.1, 0.15) is 43.4 Å². The molecule has 1 heterocycles. The molecule has 1 N–H and O–H groups in total. The Kier molecular flexibility index (Phi) is 5.58. The van der Waals surface area contributed by atoms with E-state index in [4.69, 9.17) is 0 Å². The normalized spacial score (nSPS) is 18.8. The van der Waals surface area contributed by atoms with Gasteiger partial charge in [-0.25, -0.2) is 0 Å². The van der Waals surface area contributed by atoms with E-state index in [1.165, 1.54) is 41.9 Å². The van der Waals surface area contributed by atoms with Crippen LogP contribution in [0.3, 0.4) is 0 Å². The van der Waals surface area contributed by atoms with E-state index in [0.717, 1.165) is 12.5 Å². The predicted octanol–water partition coefficient (Wildman–Crippen LogP) is 4.18. The molecule has 1 atom stereocenters. The van der Waals surface area contributed by atoms with Crippen LogP contribution in [0.25, 0.3) is 0 Å². The number of thioether (sulfide) groups is 1. The van der Waals surface area contributed by atoms with Crippen molar-refractivity contribution in [1.82, 2.24) is 5.32 Å². The fraction of sp³-hybridized carbons (Fsp3) is 0.625. The molecule has 0 amide bonds. The van der Waals surface area contributed by atoms with Crippen molar-refractivity contribution in [1.29, 1.82) is 0 Å². The van der Waals surface area contributed by atoms with Crippen LogP contribution in [0.15, 0.2) is 24.3 Å². The Balaban J connectivity index is 2.05. The third-order valence-electron chi connectivity index (χ3n) is 3.92. The molecule has 1 nitrogen and oxygen atoms in total. The molecule has 0 radical (unpaired) electrons. The fourth-order valence-corrected chi connectivity index (χ4v) is 4.06. The van der Waals surface area contributed by atoms with E-state index in [-0.39, 0.29) is 0 Å². The second kappa shape index (κ2) is 7.20. The summed E-state index contributed by atoms with van der Waals surface area (Å²) >= 11 is 2.12. The molecule has 18 heavy (non-hydrogen) atoms. The van der Waals surface area contributed by atoms with E-state index >= 15 is 0 Å². The van der Waals surface area contributed by atoms with Crippen molar-refractivity contribution in [3.8, 4) is 0 Å². The van der Waals surface area contributed by atoms with Crippen LogP contribution in [0, 0.1) is 12.8 Å². The van der Waals surface area contributed by atoms with Gasteiger partial charge >= 0.3 is 0 Å². The molecule has 0 aromatic heterocycles. The highest BCUT2D eigenvalue weighted by Crippen LogP contribution is 2.31. The van der Waals surface area contributed by atoms with Gasteiger partial charge in [-0.3, -0.25) is 0 Å². The van der Waals surface area contributed by atoms with Gasteiger partial charge in [0.15, 0.2) is 0 Å². The molecule has 1 saturated heterocycles. The monoisotopic (exact) mass is 263 g/mol. The minimum absolute atomic E-state index is 0.546. The zero-order valence-corrected chi connectivity index (χ0v) is 12.4. The molecule has 0 bridgehead atoms. The Morgan fingerprint density at radius 3 is 2.67 bits per heavy atom. The molecule has 100 valence electrons. The molecule has 0 saturated carbocycles. The summed E-state index contributed by atoms with van der Waals surface area (Å²) in [5, 5.41) is 3.68. The first-order valence-electron chi connectivity index (χ1n) is 7.18. The molecule has 1 unspecified atom stereocenters. The van der Waals surface area contributed by atoms with Crippen LogP contribution in [0.4, 0.5) is 0 Å². The summed E-state index contributed by atoms with van der Waals surface area (Å²) in [6, 6.07) is 9.38. The molecule has 0 aliphatic carbocycles. The average Bonchev–Trinajstić information content (AvgIpc) is 2.40. The maximum atomic E-state index is 3.68. The van der Waals surface area contributed by atoms with Crippen LogP contribution in [-0.2, 0) is 0 Å². The first-order chi connectivity index (χ1) is 8.81. The van der Waals surface area contributed by atoms with E-state index in [2.05, 4.69) is 55.2 Å². The number of hydrogen-bond donors (Lipinski definition) is 1. The van der Waals surface area contributed by atoms with E-state index in [1.807, 2.05) is 0 Å². The lowest BCUT2D eigenvalue weighted by molar-refractivity contribution is 0.373. The molecule has 1 aromatic carbocycles. The minimum Gasteiger partial charge on any atom is -0.310 e. The topological polar surface area (TPSA) is 12.0 Å². The number of rotatable bonds is 5. The highest BCUT2D eigenvalue weighted by molar-refractivity contribution is 7.99. The summed E-state index contributed by atoms with van der Waals surface area (Å²) in [5.74, 6) is 3.63. The van der Waals surface area contributed by atoms with Gasteiger partial charge in [-0.2, -0.15) is 11.8 Å². The maximum Gasteiger partial charge on any atom is 0.0325 e. The summed E-state index contributed by atoms with van der Waals surface area (Å²) in [4.78, 5) is 0. The van der Waals surface area contributed by atoms with Crippen molar-refractivity contribution in [2.24, 2.45) is 5.92 Å². The number of nitrogens with one attached hydrogen (secondary N) is 1. The van der Waals surface area contributed by atoms with Crippen molar-refractivity contribution < 1.29 is 0 Å². The molecule has 1 aliphatic rings. The van der Waals surface area contributed by atoms with Crippen molar-refractivity contribution in [3.63, 3.8) is 0 Å².